The van der Waals surface area contributed by atoms with Gasteiger partial charge in [-0.25, -0.2) is 4.98 Å². The number of likely N-dealkylation sites (tertiary alicyclic amines) is 1. The first-order valence-electron chi connectivity index (χ1n) is 6.41. The summed E-state index contributed by atoms with van der Waals surface area (Å²) in [5.74, 6) is 0. The van der Waals surface area contributed by atoms with Crippen molar-refractivity contribution < 1.29 is 4.74 Å². The van der Waals surface area contributed by atoms with Crippen LogP contribution in [0.15, 0.2) is 5.38 Å². The average Bonchev–Trinajstić information content (AvgIpc) is 2.71. The summed E-state index contributed by atoms with van der Waals surface area (Å²) in [7, 11) is 1.70. The van der Waals surface area contributed by atoms with Crippen molar-refractivity contribution in [1.29, 1.82) is 0 Å². The topological polar surface area (TPSA) is 51.4 Å². The number of piperidine rings is 1. The van der Waals surface area contributed by atoms with Crippen molar-refractivity contribution >= 4 is 11.3 Å². The minimum absolute atomic E-state index is 0.198. The summed E-state index contributed by atoms with van der Waals surface area (Å²) >= 11 is 1.68. The van der Waals surface area contributed by atoms with Gasteiger partial charge in [-0.3, -0.25) is 4.90 Å². The van der Waals surface area contributed by atoms with Crippen LogP contribution in [0.4, 0.5) is 0 Å². The lowest BCUT2D eigenvalue weighted by molar-refractivity contribution is 0.0889. The van der Waals surface area contributed by atoms with Crippen molar-refractivity contribution in [2.24, 2.45) is 11.1 Å². The molecule has 102 valence electrons. The van der Waals surface area contributed by atoms with Crippen molar-refractivity contribution in [2.75, 3.05) is 20.2 Å². The maximum atomic E-state index is 6.16. The van der Waals surface area contributed by atoms with Crippen molar-refractivity contribution in [3.8, 4) is 0 Å². The molecule has 0 amide bonds. The Hall–Kier alpha value is -0.490. The first-order valence-corrected chi connectivity index (χ1v) is 7.29. The van der Waals surface area contributed by atoms with E-state index in [0.29, 0.717) is 12.6 Å². The van der Waals surface area contributed by atoms with Gasteiger partial charge in [0.05, 0.1) is 12.3 Å². The van der Waals surface area contributed by atoms with Crippen LogP contribution in [-0.2, 0) is 17.9 Å². The summed E-state index contributed by atoms with van der Waals surface area (Å²) in [4.78, 5) is 7.03. The molecule has 0 aromatic carbocycles. The van der Waals surface area contributed by atoms with E-state index in [2.05, 4.69) is 29.1 Å². The van der Waals surface area contributed by atoms with Crippen LogP contribution in [0.5, 0.6) is 0 Å². The second-order valence-electron chi connectivity index (χ2n) is 5.76. The second-order valence-corrected chi connectivity index (χ2v) is 6.70. The van der Waals surface area contributed by atoms with Crippen molar-refractivity contribution in [3.63, 3.8) is 0 Å². The van der Waals surface area contributed by atoms with Crippen LogP contribution in [0.2, 0.25) is 0 Å². The fraction of sp³-hybridized carbons (Fsp3) is 0.769. The molecule has 0 aliphatic carbocycles. The first kappa shape index (κ1) is 13.9. The third-order valence-electron chi connectivity index (χ3n) is 3.64. The van der Waals surface area contributed by atoms with Crippen LogP contribution >= 0.6 is 11.3 Å². The molecule has 1 atom stereocenters. The standard InChI is InChI=1S/C13H23N3OS/c1-13(2)9-16(5-4-11(13)14)6-10-8-18-12(15-10)7-17-3/h8,11H,4-7,9,14H2,1-3H3. The van der Waals surface area contributed by atoms with Gasteiger partial charge < -0.3 is 10.5 Å². The molecule has 0 spiro atoms. The second kappa shape index (κ2) is 5.65. The summed E-state index contributed by atoms with van der Waals surface area (Å²) in [5, 5.41) is 3.19. The molecule has 2 N–H and O–H groups in total. The number of rotatable bonds is 4. The number of hydrogen-bond donors (Lipinski definition) is 1. The zero-order chi connectivity index (χ0) is 13.2. The van der Waals surface area contributed by atoms with Gasteiger partial charge in [-0.2, -0.15) is 0 Å². The van der Waals surface area contributed by atoms with Crippen LogP contribution in [0.25, 0.3) is 0 Å². The molecule has 1 aromatic heterocycles. The Bertz CT molecular complexity index is 391. The minimum atomic E-state index is 0.198. The van der Waals surface area contributed by atoms with E-state index < -0.39 is 0 Å². The van der Waals surface area contributed by atoms with Gasteiger partial charge in [-0.15, -0.1) is 11.3 Å². The third kappa shape index (κ3) is 3.29. The van der Waals surface area contributed by atoms with Gasteiger partial charge in [0, 0.05) is 38.2 Å². The molecule has 2 rings (SSSR count). The number of methoxy groups -OCH3 is 1. The normalized spacial score (nSPS) is 24.3. The fourth-order valence-corrected chi connectivity index (χ4v) is 3.22. The third-order valence-corrected chi connectivity index (χ3v) is 4.52. The molecule has 1 aliphatic heterocycles. The van der Waals surface area contributed by atoms with E-state index in [4.69, 9.17) is 10.5 Å². The highest BCUT2D eigenvalue weighted by Crippen LogP contribution is 2.28. The zero-order valence-corrected chi connectivity index (χ0v) is 12.3. The molecule has 0 bridgehead atoms. The summed E-state index contributed by atoms with van der Waals surface area (Å²) in [6.45, 7) is 8.16. The highest BCUT2D eigenvalue weighted by Gasteiger charge is 2.33. The van der Waals surface area contributed by atoms with E-state index in [-0.39, 0.29) is 5.41 Å². The molecule has 1 saturated heterocycles. The van der Waals surface area contributed by atoms with Crippen molar-refractivity contribution in [3.05, 3.63) is 16.1 Å². The summed E-state index contributed by atoms with van der Waals surface area (Å²) in [5.41, 5.74) is 7.50. The molecule has 5 heteroatoms. The maximum Gasteiger partial charge on any atom is 0.119 e. The SMILES string of the molecule is COCc1nc(CN2CCC(N)C(C)(C)C2)cs1. The van der Waals surface area contributed by atoms with Gasteiger partial charge in [-0.05, 0) is 11.8 Å². The van der Waals surface area contributed by atoms with Gasteiger partial charge in [0.15, 0.2) is 0 Å². The predicted molar refractivity (Wildman–Crippen MR) is 74.5 cm³/mol. The largest absolute Gasteiger partial charge is 0.378 e. The van der Waals surface area contributed by atoms with Gasteiger partial charge in [0.2, 0.25) is 0 Å². The van der Waals surface area contributed by atoms with E-state index in [9.17, 15) is 0 Å². The number of nitrogens with two attached hydrogens (primary N) is 1. The van der Waals surface area contributed by atoms with Crippen LogP contribution in [0.1, 0.15) is 31.0 Å². The fourth-order valence-electron chi connectivity index (χ4n) is 2.46. The monoisotopic (exact) mass is 269 g/mol. The smallest absolute Gasteiger partial charge is 0.119 e. The Morgan fingerprint density at radius 3 is 3.06 bits per heavy atom. The van der Waals surface area contributed by atoms with Crippen LogP contribution in [-0.4, -0.2) is 36.1 Å². The molecule has 0 radical (unpaired) electrons. The molecular weight excluding hydrogens is 246 g/mol. The Morgan fingerprint density at radius 1 is 1.61 bits per heavy atom. The molecule has 1 fully saturated rings. The van der Waals surface area contributed by atoms with Crippen LogP contribution in [0.3, 0.4) is 0 Å². The van der Waals surface area contributed by atoms with Crippen molar-refractivity contribution in [2.45, 2.75) is 39.5 Å². The lowest BCUT2D eigenvalue weighted by atomic mass is 9.80. The Labute approximate surface area is 113 Å². The average molecular weight is 269 g/mol. The highest BCUT2D eigenvalue weighted by molar-refractivity contribution is 7.09. The molecule has 2 heterocycles. The van der Waals surface area contributed by atoms with E-state index in [0.717, 1.165) is 36.8 Å². The summed E-state index contributed by atoms with van der Waals surface area (Å²) < 4.78 is 5.10. The van der Waals surface area contributed by atoms with E-state index >= 15 is 0 Å². The molecule has 1 aliphatic rings. The number of hydrogen-bond acceptors (Lipinski definition) is 5. The molecule has 1 unspecified atom stereocenters. The van der Waals surface area contributed by atoms with E-state index in [1.54, 1.807) is 18.4 Å². The van der Waals surface area contributed by atoms with Crippen LogP contribution in [0, 0.1) is 5.41 Å². The molecule has 4 nitrogen and oxygen atoms in total. The van der Waals surface area contributed by atoms with Gasteiger partial charge in [-0.1, -0.05) is 13.8 Å². The number of aromatic nitrogens is 1. The van der Waals surface area contributed by atoms with E-state index in [1.807, 2.05) is 0 Å². The number of thiazole rings is 1. The Balaban J connectivity index is 1.93. The van der Waals surface area contributed by atoms with Gasteiger partial charge in [0.1, 0.15) is 5.01 Å². The minimum Gasteiger partial charge on any atom is -0.378 e. The summed E-state index contributed by atoms with van der Waals surface area (Å²) in [6.07, 6.45) is 1.07. The number of ether oxygens (including phenoxy) is 1. The Kier molecular flexibility index (Phi) is 4.37. The van der Waals surface area contributed by atoms with E-state index in [1.165, 1.54) is 0 Å². The Morgan fingerprint density at radius 2 is 2.39 bits per heavy atom. The predicted octanol–water partition coefficient (Wildman–Crippen LogP) is 1.85. The molecule has 18 heavy (non-hydrogen) atoms. The van der Waals surface area contributed by atoms with Crippen LogP contribution < -0.4 is 5.73 Å². The van der Waals surface area contributed by atoms with Gasteiger partial charge >= 0.3 is 0 Å². The van der Waals surface area contributed by atoms with Crippen molar-refractivity contribution in [1.82, 2.24) is 9.88 Å². The summed E-state index contributed by atoms with van der Waals surface area (Å²) in [6, 6.07) is 0.313. The maximum absolute atomic E-state index is 6.16. The zero-order valence-electron chi connectivity index (χ0n) is 11.5. The highest BCUT2D eigenvalue weighted by atomic mass is 32.1. The first-order chi connectivity index (χ1) is 8.51. The quantitative estimate of drug-likeness (QED) is 0.906. The number of nitrogens with zero attached hydrogens (tertiary/aromatic N) is 2. The molecule has 0 saturated carbocycles. The molecule has 1 aromatic rings. The lowest BCUT2D eigenvalue weighted by Gasteiger charge is -2.42. The lowest BCUT2D eigenvalue weighted by Crippen LogP contribution is -2.52. The van der Waals surface area contributed by atoms with Gasteiger partial charge in [0.25, 0.3) is 0 Å². The molecular formula is C13H23N3OS.